The molecule has 0 unspecified atom stereocenters. The van der Waals surface area contributed by atoms with E-state index in [2.05, 4.69) is 152 Å². The molecule has 4 rings (SSSR count). The van der Waals surface area contributed by atoms with Crippen LogP contribution in [-0.2, 0) is 6.16 Å². The molecular weight excluding hydrogens is 498 g/mol. The number of nitrogens with zero attached hydrogens (tertiary/aromatic N) is 2. The molecule has 0 radical (unpaired) electrons. The maximum absolute atomic E-state index is 5.19. The highest BCUT2D eigenvalue weighted by atomic mass is 31.1. The van der Waals surface area contributed by atoms with Crippen LogP contribution in [0.15, 0.2) is 108 Å². The number of hydrogen-bond donors (Lipinski definition) is 0. The second kappa shape index (κ2) is 12.0. The van der Waals surface area contributed by atoms with Gasteiger partial charge in [-0.05, 0) is 54.0 Å². The molecular formula is C34H40N2P2. The normalized spacial score (nSPS) is 12.8. The molecule has 38 heavy (non-hydrogen) atoms. The Morgan fingerprint density at radius 3 is 1.74 bits per heavy atom. The summed E-state index contributed by atoms with van der Waals surface area (Å²) in [7, 11) is -0.999. The van der Waals surface area contributed by atoms with E-state index in [-0.39, 0.29) is 18.2 Å². The highest BCUT2D eigenvalue weighted by molar-refractivity contribution is 7.80. The minimum Gasteiger partial charge on any atom is -0.251 e. The Morgan fingerprint density at radius 2 is 1.18 bits per heavy atom. The number of aromatic nitrogens is 1. The lowest BCUT2D eigenvalue weighted by atomic mass is 10.2. The van der Waals surface area contributed by atoms with Crippen molar-refractivity contribution in [2.45, 2.75) is 64.9 Å². The Balaban J connectivity index is 1.72. The molecule has 0 spiro atoms. The summed E-state index contributed by atoms with van der Waals surface area (Å²) < 4.78 is 0. The molecule has 0 aliphatic heterocycles. The van der Waals surface area contributed by atoms with Crippen molar-refractivity contribution in [1.29, 1.82) is 0 Å². The first-order chi connectivity index (χ1) is 18.0. The molecule has 1 aromatic heterocycles. The van der Waals surface area contributed by atoms with E-state index in [0.29, 0.717) is 0 Å². The Hall–Kier alpha value is -2.66. The number of para-hydroxylation sites is 1. The van der Waals surface area contributed by atoms with Crippen molar-refractivity contribution < 1.29 is 0 Å². The average Bonchev–Trinajstić information content (AvgIpc) is 2.88. The number of pyridine rings is 1. The molecule has 2 nitrogen and oxygen atoms in total. The third kappa shape index (κ3) is 7.05. The van der Waals surface area contributed by atoms with E-state index in [1.54, 1.807) is 0 Å². The van der Waals surface area contributed by atoms with Crippen LogP contribution in [-0.4, -0.2) is 21.0 Å². The molecule has 0 fully saturated rings. The molecule has 4 aromatic rings. The van der Waals surface area contributed by atoms with E-state index >= 15 is 0 Å². The molecule has 1 heterocycles. The second-order valence-electron chi connectivity index (χ2n) is 11.6. The van der Waals surface area contributed by atoms with E-state index in [4.69, 9.17) is 9.98 Å². The zero-order valence-electron chi connectivity index (χ0n) is 23.8. The second-order valence-corrected chi connectivity index (χ2v) is 17.7. The average molecular weight is 539 g/mol. The van der Waals surface area contributed by atoms with Crippen LogP contribution in [0.4, 0.5) is 5.69 Å². The molecule has 0 aliphatic carbocycles. The standard InChI is InChI=1S/C34H40N2P2/c1-26(30-23-16-17-27(36-30)25-37(33(2,3)4)34(5,6)7)35-31-22-14-15-24-32(31)38(28-18-10-8-11-19-28)29-20-12-9-13-21-29/h8-24H,25H2,1-7H3. The fourth-order valence-electron chi connectivity index (χ4n) is 4.98. The fourth-order valence-corrected chi connectivity index (χ4v) is 10.8. The van der Waals surface area contributed by atoms with Crippen LogP contribution in [0.25, 0.3) is 0 Å². The first-order valence-electron chi connectivity index (χ1n) is 13.3. The fraction of sp³-hybridized carbons (Fsp3) is 0.294. The van der Waals surface area contributed by atoms with E-state index in [1.165, 1.54) is 15.9 Å². The van der Waals surface area contributed by atoms with Gasteiger partial charge in [0.2, 0.25) is 0 Å². The summed E-state index contributed by atoms with van der Waals surface area (Å²) in [6, 6.07) is 36.6. The predicted octanol–water partition coefficient (Wildman–Crippen LogP) is 8.56. The Morgan fingerprint density at radius 1 is 0.658 bits per heavy atom. The van der Waals surface area contributed by atoms with Crippen LogP contribution in [0.3, 0.4) is 0 Å². The quantitative estimate of drug-likeness (QED) is 0.171. The summed E-state index contributed by atoms with van der Waals surface area (Å²) in [5.74, 6) is 0. The molecule has 4 heteroatoms. The molecule has 0 aliphatic rings. The first kappa shape index (κ1) is 28.4. The minimum absolute atomic E-state index is 0.263. The van der Waals surface area contributed by atoms with Crippen molar-refractivity contribution >= 4 is 43.2 Å². The van der Waals surface area contributed by atoms with Gasteiger partial charge in [0.25, 0.3) is 0 Å². The molecule has 0 saturated carbocycles. The maximum Gasteiger partial charge on any atom is 0.0845 e. The zero-order chi connectivity index (χ0) is 27.3. The molecule has 0 atom stereocenters. The molecule has 196 valence electrons. The minimum atomic E-state index is -0.735. The zero-order valence-corrected chi connectivity index (χ0v) is 25.6. The third-order valence-electron chi connectivity index (χ3n) is 6.56. The number of aliphatic imine (C=N–C) groups is 1. The number of hydrogen-bond acceptors (Lipinski definition) is 2. The van der Waals surface area contributed by atoms with Crippen LogP contribution >= 0.6 is 15.8 Å². The largest absolute Gasteiger partial charge is 0.251 e. The summed E-state index contributed by atoms with van der Waals surface area (Å²) in [6.45, 7) is 16.3. The van der Waals surface area contributed by atoms with Crippen molar-refractivity contribution in [3.8, 4) is 0 Å². The Bertz CT molecular complexity index is 1310. The molecule has 3 aromatic carbocycles. The van der Waals surface area contributed by atoms with Gasteiger partial charge in [0, 0.05) is 17.2 Å². The lowest BCUT2D eigenvalue weighted by molar-refractivity contribution is 0.701. The summed E-state index contributed by atoms with van der Waals surface area (Å²) in [6.07, 6.45) is 1.02. The van der Waals surface area contributed by atoms with Crippen molar-refractivity contribution in [3.63, 3.8) is 0 Å². The van der Waals surface area contributed by atoms with Gasteiger partial charge in [-0.15, -0.1) is 0 Å². The third-order valence-corrected chi connectivity index (χ3v) is 12.9. The smallest absolute Gasteiger partial charge is 0.0845 e. The monoisotopic (exact) mass is 538 g/mol. The Labute approximate surface area is 232 Å². The highest BCUT2D eigenvalue weighted by Crippen LogP contribution is 2.61. The summed E-state index contributed by atoms with van der Waals surface area (Å²) in [5.41, 5.74) is 4.09. The summed E-state index contributed by atoms with van der Waals surface area (Å²) in [5, 5.41) is 4.44. The van der Waals surface area contributed by atoms with Gasteiger partial charge in [-0.25, -0.2) is 0 Å². The SMILES string of the molecule is CC(=Nc1ccccc1P(c1ccccc1)c1ccccc1)c1cccc(CP(C(C)(C)C)C(C)(C)C)n1. The van der Waals surface area contributed by atoms with Gasteiger partial charge >= 0.3 is 0 Å². The lowest BCUT2D eigenvalue weighted by Crippen LogP contribution is -2.26. The van der Waals surface area contributed by atoms with E-state index in [9.17, 15) is 0 Å². The van der Waals surface area contributed by atoms with Crippen molar-refractivity contribution in [3.05, 3.63) is 115 Å². The van der Waals surface area contributed by atoms with E-state index < -0.39 is 7.92 Å². The van der Waals surface area contributed by atoms with Crippen LogP contribution < -0.4 is 15.9 Å². The maximum atomic E-state index is 5.19. The van der Waals surface area contributed by atoms with Gasteiger partial charge < -0.3 is 0 Å². The van der Waals surface area contributed by atoms with Crippen LogP contribution in [0.5, 0.6) is 0 Å². The molecule has 0 bridgehead atoms. The Kier molecular flexibility index (Phi) is 8.97. The van der Waals surface area contributed by atoms with E-state index in [1.807, 2.05) is 0 Å². The van der Waals surface area contributed by atoms with Gasteiger partial charge in [-0.2, -0.15) is 0 Å². The molecule has 0 N–H and O–H groups in total. The van der Waals surface area contributed by atoms with Crippen LogP contribution in [0, 0.1) is 0 Å². The van der Waals surface area contributed by atoms with Crippen LogP contribution in [0.2, 0.25) is 0 Å². The van der Waals surface area contributed by atoms with E-state index in [0.717, 1.165) is 28.9 Å². The highest BCUT2D eigenvalue weighted by Gasteiger charge is 2.34. The summed E-state index contributed by atoms with van der Waals surface area (Å²) >= 11 is 0. The van der Waals surface area contributed by atoms with Gasteiger partial charge in [0.1, 0.15) is 0 Å². The van der Waals surface area contributed by atoms with Crippen molar-refractivity contribution in [2.75, 3.05) is 0 Å². The lowest BCUT2D eigenvalue weighted by Gasteiger charge is -2.41. The number of rotatable bonds is 7. The van der Waals surface area contributed by atoms with Gasteiger partial charge in [-0.3, -0.25) is 9.98 Å². The van der Waals surface area contributed by atoms with Crippen LogP contribution in [0.1, 0.15) is 59.9 Å². The summed E-state index contributed by atoms with van der Waals surface area (Å²) in [4.78, 5) is 10.3. The van der Waals surface area contributed by atoms with Gasteiger partial charge in [0.05, 0.1) is 17.1 Å². The molecule has 0 amide bonds. The molecule has 0 saturated heterocycles. The van der Waals surface area contributed by atoms with Gasteiger partial charge in [-0.1, -0.05) is 134 Å². The van der Waals surface area contributed by atoms with Crippen molar-refractivity contribution in [1.82, 2.24) is 4.98 Å². The predicted molar refractivity (Wildman–Crippen MR) is 171 cm³/mol. The first-order valence-corrected chi connectivity index (χ1v) is 16.2. The van der Waals surface area contributed by atoms with Gasteiger partial charge in [0.15, 0.2) is 0 Å². The van der Waals surface area contributed by atoms with Crippen molar-refractivity contribution in [2.24, 2.45) is 4.99 Å². The topological polar surface area (TPSA) is 25.2 Å². The number of benzene rings is 3.